The number of fused-ring (bicyclic) bond motifs is 1. The molecule has 0 fully saturated rings. The van der Waals surface area contributed by atoms with E-state index in [-0.39, 0.29) is 24.0 Å². The van der Waals surface area contributed by atoms with Crippen molar-refractivity contribution < 1.29 is 9.47 Å². The molecule has 3 rings (SSSR count). The van der Waals surface area contributed by atoms with Gasteiger partial charge in [0.2, 0.25) is 0 Å². The normalized spacial score (nSPS) is 13.0. The van der Waals surface area contributed by atoms with Crippen molar-refractivity contribution in [1.82, 2.24) is 10.6 Å². The summed E-state index contributed by atoms with van der Waals surface area (Å²) in [5, 5.41) is 7.15. The van der Waals surface area contributed by atoms with Gasteiger partial charge in [-0.05, 0) is 30.2 Å². The van der Waals surface area contributed by atoms with Gasteiger partial charge in [0.25, 0.3) is 0 Å². The summed E-state index contributed by atoms with van der Waals surface area (Å²) in [4.78, 5) is 4.25. The highest BCUT2D eigenvalue weighted by Crippen LogP contribution is 2.38. The summed E-state index contributed by atoms with van der Waals surface area (Å²) < 4.78 is 11.1. The SMILES string of the molecule is CN=C(NCc1ccc(C)cc1)NCc1cc(Cl)c2c(c1)OCCO2.I. The highest BCUT2D eigenvalue weighted by molar-refractivity contribution is 14.0. The topological polar surface area (TPSA) is 54.9 Å². The zero-order valence-corrected chi connectivity index (χ0v) is 17.9. The van der Waals surface area contributed by atoms with Crippen molar-refractivity contribution in [2.45, 2.75) is 20.0 Å². The number of ether oxygens (including phenoxy) is 2. The van der Waals surface area contributed by atoms with Crippen LogP contribution in [0.4, 0.5) is 0 Å². The molecule has 1 aliphatic rings. The van der Waals surface area contributed by atoms with Crippen molar-refractivity contribution in [3.63, 3.8) is 0 Å². The van der Waals surface area contributed by atoms with E-state index < -0.39 is 0 Å². The number of hydrogen-bond donors (Lipinski definition) is 2. The van der Waals surface area contributed by atoms with Crippen molar-refractivity contribution in [1.29, 1.82) is 0 Å². The number of halogens is 2. The largest absolute Gasteiger partial charge is 0.486 e. The van der Waals surface area contributed by atoms with Gasteiger partial charge >= 0.3 is 0 Å². The predicted octanol–water partition coefficient (Wildman–Crippen LogP) is 3.90. The lowest BCUT2D eigenvalue weighted by molar-refractivity contribution is 0.171. The zero-order valence-electron chi connectivity index (χ0n) is 14.8. The minimum Gasteiger partial charge on any atom is -0.486 e. The molecule has 1 heterocycles. The second-order valence-electron chi connectivity index (χ2n) is 5.87. The van der Waals surface area contributed by atoms with Crippen LogP contribution in [-0.2, 0) is 13.1 Å². The van der Waals surface area contributed by atoms with Gasteiger partial charge in [-0.15, -0.1) is 24.0 Å². The third-order valence-electron chi connectivity index (χ3n) is 3.92. The molecule has 2 N–H and O–H groups in total. The number of aliphatic imine (C=N–C) groups is 1. The lowest BCUT2D eigenvalue weighted by Crippen LogP contribution is -2.36. The Labute approximate surface area is 176 Å². The molecule has 1 aliphatic heterocycles. The Bertz CT molecular complexity index is 766. The summed E-state index contributed by atoms with van der Waals surface area (Å²) in [7, 11) is 1.75. The minimum absolute atomic E-state index is 0. The van der Waals surface area contributed by atoms with Gasteiger partial charge in [0, 0.05) is 20.1 Å². The van der Waals surface area contributed by atoms with E-state index in [2.05, 4.69) is 46.8 Å². The van der Waals surface area contributed by atoms with Crippen LogP contribution in [0.15, 0.2) is 41.4 Å². The number of guanidine groups is 1. The van der Waals surface area contributed by atoms with Gasteiger partial charge in [0.05, 0.1) is 5.02 Å². The van der Waals surface area contributed by atoms with E-state index in [1.807, 2.05) is 12.1 Å². The van der Waals surface area contributed by atoms with E-state index in [0.29, 0.717) is 42.8 Å². The van der Waals surface area contributed by atoms with Gasteiger partial charge in [-0.25, -0.2) is 0 Å². The van der Waals surface area contributed by atoms with Gasteiger partial charge in [-0.1, -0.05) is 41.4 Å². The molecule has 140 valence electrons. The van der Waals surface area contributed by atoms with E-state index in [4.69, 9.17) is 21.1 Å². The van der Waals surface area contributed by atoms with Crippen molar-refractivity contribution in [3.05, 3.63) is 58.1 Å². The van der Waals surface area contributed by atoms with Crippen LogP contribution < -0.4 is 20.1 Å². The summed E-state index contributed by atoms with van der Waals surface area (Å²) in [5.74, 6) is 2.04. The zero-order chi connectivity index (χ0) is 17.6. The van der Waals surface area contributed by atoms with Crippen molar-refractivity contribution in [3.8, 4) is 11.5 Å². The maximum Gasteiger partial charge on any atom is 0.191 e. The van der Waals surface area contributed by atoms with Crippen LogP contribution in [0.1, 0.15) is 16.7 Å². The molecule has 0 aromatic heterocycles. The number of nitrogens with zero attached hydrogens (tertiary/aromatic N) is 1. The third-order valence-corrected chi connectivity index (χ3v) is 4.20. The molecule has 0 unspecified atom stereocenters. The van der Waals surface area contributed by atoms with Crippen LogP contribution in [0.3, 0.4) is 0 Å². The number of nitrogens with one attached hydrogen (secondary N) is 2. The third kappa shape index (κ3) is 5.41. The van der Waals surface area contributed by atoms with E-state index in [1.54, 1.807) is 7.05 Å². The monoisotopic (exact) mass is 487 g/mol. The van der Waals surface area contributed by atoms with Crippen LogP contribution in [-0.4, -0.2) is 26.2 Å². The Morgan fingerprint density at radius 3 is 2.38 bits per heavy atom. The fourth-order valence-corrected chi connectivity index (χ4v) is 2.85. The van der Waals surface area contributed by atoms with Gasteiger partial charge < -0.3 is 20.1 Å². The molecule has 0 bridgehead atoms. The van der Waals surface area contributed by atoms with Gasteiger partial charge in [-0.3, -0.25) is 4.99 Å². The Kier molecular flexibility index (Phi) is 7.84. The van der Waals surface area contributed by atoms with Crippen LogP contribution in [0.2, 0.25) is 5.02 Å². The van der Waals surface area contributed by atoms with Crippen LogP contribution >= 0.6 is 35.6 Å². The predicted molar refractivity (Wildman–Crippen MR) is 116 cm³/mol. The minimum atomic E-state index is 0. The first-order chi connectivity index (χ1) is 12.2. The Hall–Kier alpha value is -1.67. The smallest absolute Gasteiger partial charge is 0.191 e. The molecule has 2 aromatic rings. The molecule has 26 heavy (non-hydrogen) atoms. The quantitative estimate of drug-likeness (QED) is 0.390. The summed E-state index contributed by atoms with van der Waals surface area (Å²) in [6, 6.07) is 12.2. The van der Waals surface area contributed by atoms with Crippen molar-refractivity contribution >= 4 is 41.5 Å². The molecule has 2 aromatic carbocycles. The van der Waals surface area contributed by atoms with Gasteiger partial charge in [-0.2, -0.15) is 0 Å². The summed E-state index contributed by atoms with van der Waals surface area (Å²) >= 11 is 6.27. The molecule has 0 saturated heterocycles. The van der Waals surface area contributed by atoms with Crippen LogP contribution in [0.25, 0.3) is 0 Å². The van der Waals surface area contributed by atoms with E-state index in [1.165, 1.54) is 11.1 Å². The number of hydrogen-bond acceptors (Lipinski definition) is 3. The molecule has 7 heteroatoms. The highest BCUT2D eigenvalue weighted by Gasteiger charge is 2.16. The second kappa shape index (κ2) is 9.87. The first-order valence-electron chi connectivity index (χ1n) is 8.24. The van der Waals surface area contributed by atoms with E-state index >= 15 is 0 Å². The lowest BCUT2D eigenvalue weighted by atomic mass is 10.1. The molecule has 0 atom stereocenters. The maximum absolute atomic E-state index is 6.27. The van der Waals surface area contributed by atoms with E-state index in [0.717, 1.165) is 11.5 Å². The lowest BCUT2D eigenvalue weighted by Gasteiger charge is -2.20. The molecular formula is C19H23ClIN3O2. The van der Waals surface area contributed by atoms with E-state index in [9.17, 15) is 0 Å². The molecule has 0 amide bonds. The summed E-state index contributed by atoms with van der Waals surface area (Å²) in [6.45, 7) is 4.45. The fourth-order valence-electron chi connectivity index (χ4n) is 2.56. The Morgan fingerprint density at radius 2 is 1.69 bits per heavy atom. The van der Waals surface area contributed by atoms with Crippen LogP contribution in [0.5, 0.6) is 11.5 Å². The molecular weight excluding hydrogens is 465 g/mol. The molecule has 0 spiro atoms. The standard InChI is InChI=1S/C19H22ClN3O2.HI/c1-13-3-5-14(6-4-13)11-22-19(21-2)23-12-15-9-16(20)18-17(10-15)24-7-8-25-18;/h3-6,9-10H,7-8,11-12H2,1-2H3,(H2,21,22,23);1H. The molecule has 0 aliphatic carbocycles. The molecule has 5 nitrogen and oxygen atoms in total. The molecule has 0 saturated carbocycles. The van der Waals surface area contributed by atoms with Crippen LogP contribution in [0, 0.1) is 6.92 Å². The fraction of sp³-hybridized carbons (Fsp3) is 0.316. The average Bonchev–Trinajstić information content (AvgIpc) is 2.63. The summed E-state index contributed by atoms with van der Waals surface area (Å²) in [5.41, 5.74) is 3.46. The highest BCUT2D eigenvalue weighted by atomic mass is 127. The van der Waals surface area contributed by atoms with Crippen molar-refractivity contribution in [2.24, 2.45) is 4.99 Å². The number of rotatable bonds is 4. The van der Waals surface area contributed by atoms with Gasteiger partial charge in [0.1, 0.15) is 13.2 Å². The first kappa shape index (κ1) is 20.6. The maximum atomic E-state index is 6.27. The van der Waals surface area contributed by atoms with Gasteiger partial charge in [0.15, 0.2) is 17.5 Å². The Morgan fingerprint density at radius 1 is 1.04 bits per heavy atom. The summed E-state index contributed by atoms with van der Waals surface area (Å²) in [6.07, 6.45) is 0. The number of aryl methyl sites for hydroxylation is 1. The average molecular weight is 488 g/mol. The molecule has 0 radical (unpaired) electrons. The Balaban J connectivity index is 0.00000243. The second-order valence-corrected chi connectivity index (χ2v) is 6.27. The van der Waals surface area contributed by atoms with Crippen molar-refractivity contribution in [2.75, 3.05) is 20.3 Å². The first-order valence-corrected chi connectivity index (χ1v) is 8.61. The number of benzene rings is 2.